The molecule has 1 aromatic heterocycles. The van der Waals surface area contributed by atoms with Gasteiger partial charge in [0, 0.05) is 6.07 Å². The maximum absolute atomic E-state index is 5.73. The molecule has 2 rings (SSSR count). The van der Waals surface area contributed by atoms with E-state index in [1.54, 1.807) is 13.0 Å². The van der Waals surface area contributed by atoms with E-state index in [1.807, 2.05) is 24.3 Å². The first kappa shape index (κ1) is 11.4. The van der Waals surface area contributed by atoms with Crippen LogP contribution in [0.2, 0.25) is 0 Å². The van der Waals surface area contributed by atoms with E-state index in [9.17, 15) is 0 Å². The summed E-state index contributed by atoms with van der Waals surface area (Å²) in [6, 6.07) is 9.51. The number of ether oxygens (including phenoxy) is 1. The molecule has 0 saturated heterocycles. The van der Waals surface area contributed by atoms with Crippen molar-refractivity contribution < 1.29 is 4.74 Å². The summed E-state index contributed by atoms with van der Waals surface area (Å²) in [7, 11) is 0. The van der Waals surface area contributed by atoms with Gasteiger partial charge in [-0.25, -0.2) is 4.98 Å². The number of benzene rings is 1. The van der Waals surface area contributed by atoms with Crippen LogP contribution >= 0.6 is 0 Å². The molecule has 0 atom stereocenters. The summed E-state index contributed by atoms with van der Waals surface area (Å²) in [6.07, 6.45) is 0.912. The molecule has 1 heterocycles. The van der Waals surface area contributed by atoms with Crippen molar-refractivity contribution in [1.82, 2.24) is 9.97 Å². The van der Waals surface area contributed by atoms with Gasteiger partial charge in [-0.15, -0.1) is 0 Å². The van der Waals surface area contributed by atoms with E-state index in [1.165, 1.54) is 0 Å². The fraction of sp³-hybridized carbons (Fsp3) is 0.231. The Morgan fingerprint density at radius 2 is 2.00 bits per heavy atom. The van der Waals surface area contributed by atoms with Crippen LogP contribution in [0.15, 0.2) is 30.3 Å². The summed E-state index contributed by atoms with van der Waals surface area (Å²) in [5, 5.41) is 0. The number of rotatable bonds is 3. The average Bonchev–Trinajstić information content (AvgIpc) is 2.28. The molecule has 0 saturated carbocycles. The Balaban J connectivity index is 2.31. The molecule has 2 aromatic rings. The van der Waals surface area contributed by atoms with Crippen LogP contribution in [0.3, 0.4) is 0 Å². The topological polar surface area (TPSA) is 61.0 Å². The van der Waals surface area contributed by atoms with Crippen molar-refractivity contribution in [2.45, 2.75) is 20.3 Å². The number of nitrogen functional groups attached to an aromatic ring is 1. The van der Waals surface area contributed by atoms with Gasteiger partial charge in [0.05, 0.1) is 0 Å². The van der Waals surface area contributed by atoms with Gasteiger partial charge in [0.25, 0.3) is 0 Å². The van der Waals surface area contributed by atoms with Gasteiger partial charge in [-0.3, -0.25) is 0 Å². The van der Waals surface area contributed by atoms with Crippen molar-refractivity contribution >= 4 is 5.82 Å². The lowest BCUT2D eigenvalue weighted by Crippen LogP contribution is -1.98. The van der Waals surface area contributed by atoms with Crippen LogP contribution in [-0.2, 0) is 6.42 Å². The van der Waals surface area contributed by atoms with Gasteiger partial charge in [-0.2, -0.15) is 4.98 Å². The smallest absolute Gasteiger partial charge is 0.224 e. The molecule has 0 amide bonds. The number of aromatic nitrogens is 2. The van der Waals surface area contributed by atoms with E-state index in [4.69, 9.17) is 10.5 Å². The molecule has 0 aliphatic rings. The summed E-state index contributed by atoms with van der Waals surface area (Å²) >= 11 is 0. The average molecular weight is 229 g/mol. The molecule has 0 fully saturated rings. The van der Waals surface area contributed by atoms with Crippen LogP contribution in [-0.4, -0.2) is 9.97 Å². The molecule has 4 heteroatoms. The highest BCUT2D eigenvalue weighted by Gasteiger charge is 2.05. The summed E-state index contributed by atoms with van der Waals surface area (Å²) in [4.78, 5) is 8.20. The molecule has 17 heavy (non-hydrogen) atoms. The highest BCUT2D eigenvalue weighted by molar-refractivity contribution is 5.39. The largest absolute Gasteiger partial charge is 0.439 e. The van der Waals surface area contributed by atoms with E-state index < -0.39 is 0 Å². The van der Waals surface area contributed by atoms with Crippen LogP contribution in [0.25, 0.3) is 0 Å². The predicted octanol–water partition coefficient (Wildman–Crippen LogP) is 2.72. The Hall–Kier alpha value is -2.10. The van der Waals surface area contributed by atoms with Gasteiger partial charge in [0.15, 0.2) is 0 Å². The van der Waals surface area contributed by atoms with E-state index in [0.29, 0.717) is 17.5 Å². The molecule has 4 nitrogen and oxygen atoms in total. The number of nitrogens with two attached hydrogens (primary N) is 1. The molecule has 88 valence electrons. The lowest BCUT2D eigenvalue weighted by molar-refractivity contribution is 0.455. The number of anilines is 1. The van der Waals surface area contributed by atoms with Crippen molar-refractivity contribution in [3.8, 4) is 11.6 Å². The maximum Gasteiger partial charge on any atom is 0.224 e. The molecule has 2 N–H and O–H groups in total. The Bertz CT molecular complexity index is 506. The van der Waals surface area contributed by atoms with E-state index in [-0.39, 0.29) is 0 Å². The first-order valence-corrected chi connectivity index (χ1v) is 5.56. The zero-order valence-corrected chi connectivity index (χ0v) is 9.97. The SMILES string of the molecule is CCc1ccccc1Oc1cc(N)nc(C)n1. The molecule has 0 bridgehead atoms. The van der Waals surface area contributed by atoms with E-state index >= 15 is 0 Å². The second-order valence-electron chi connectivity index (χ2n) is 3.74. The zero-order valence-electron chi connectivity index (χ0n) is 9.97. The molecule has 0 aliphatic heterocycles. The Morgan fingerprint density at radius 1 is 1.24 bits per heavy atom. The van der Waals surface area contributed by atoms with Gasteiger partial charge in [0.1, 0.15) is 17.4 Å². The summed E-state index contributed by atoms with van der Waals surface area (Å²) in [5.74, 6) is 2.32. The Kier molecular flexibility index (Phi) is 3.23. The van der Waals surface area contributed by atoms with Gasteiger partial charge in [-0.05, 0) is 25.0 Å². The predicted molar refractivity (Wildman–Crippen MR) is 67.1 cm³/mol. The summed E-state index contributed by atoms with van der Waals surface area (Å²) < 4.78 is 5.73. The minimum atomic E-state index is 0.418. The van der Waals surface area contributed by atoms with Crippen molar-refractivity contribution in [3.63, 3.8) is 0 Å². The third-order valence-corrected chi connectivity index (χ3v) is 2.40. The Labute approximate surface area is 100 Å². The first-order valence-electron chi connectivity index (χ1n) is 5.56. The third kappa shape index (κ3) is 2.72. The standard InChI is InChI=1S/C13H15N3O/c1-3-10-6-4-5-7-11(10)17-13-8-12(14)15-9(2)16-13/h4-8H,3H2,1-2H3,(H2,14,15,16). The molecule has 1 aromatic carbocycles. The van der Waals surface area contributed by atoms with E-state index in [0.717, 1.165) is 17.7 Å². The molecular weight excluding hydrogens is 214 g/mol. The van der Waals surface area contributed by atoms with Crippen molar-refractivity contribution in [2.75, 3.05) is 5.73 Å². The fourth-order valence-corrected chi connectivity index (χ4v) is 1.62. The highest BCUT2D eigenvalue weighted by atomic mass is 16.5. The van der Waals surface area contributed by atoms with Gasteiger partial charge < -0.3 is 10.5 Å². The second kappa shape index (κ2) is 4.82. The second-order valence-corrected chi connectivity index (χ2v) is 3.74. The lowest BCUT2D eigenvalue weighted by Gasteiger charge is -2.09. The minimum absolute atomic E-state index is 0.418. The fourth-order valence-electron chi connectivity index (χ4n) is 1.62. The van der Waals surface area contributed by atoms with Crippen molar-refractivity contribution in [1.29, 1.82) is 0 Å². The monoisotopic (exact) mass is 229 g/mol. The summed E-state index contributed by atoms with van der Waals surface area (Å²) in [6.45, 7) is 3.87. The van der Waals surface area contributed by atoms with Crippen molar-refractivity contribution in [3.05, 3.63) is 41.7 Å². The number of hydrogen-bond donors (Lipinski definition) is 1. The number of para-hydroxylation sites is 1. The summed E-state index contributed by atoms with van der Waals surface area (Å²) in [5.41, 5.74) is 6.79. The van der Waals surface area contributed by atoms with Gasteiger partial charge in [0.2, 0.25) is 5.88 Å². The lowest BCUT2D eigenvalue weighted by atomic mass is 10.1. The molecular formula is C13H15N3O. The molecule has 0 aliphatic carbocycles. The quantitative estimate of drug-likeness (QED) is 0.879. The van der Waals surface area contributed by atoms with Gasteiger partial charge in [-0.1, -0.05) is 25.1 Å². The number of nitrogens with zero attached hydrogens (tertiary/aromatic N) is 2. The molecule has 0 spiro atoms. The minimum Gasteiger partial charge on any atom is -0.439 e. The molecule has 0 unspecified atom stereocenters. The van der Waals surface area contributed by atoms with Gasteiger partial charge >= 0.3 is 0 Å². The normalized spacial score (nSPS) is 10.2. The third-order valence-electron chi connectivity index (χ3n) is 2.40. The Morgan fingerprint density at radius 3 is 2.71 bits per heavy atom. The highest BCUT2D eigenvalue weighted by Crippen LogP contribution is 2.24. The van der Waals surface area contributed by atoms with Crippen LogP contribution in [0, 0.1) is 6.92 Å². The number of aryl methyl sites for hydroxylation is 2. The maximum atomic E-state index is 5.73. The zero-order chi connectivity index (χ0) is 12.3. The van der Waals surface area contributed by atoms with Crippen LogP contribution in [0.4, 0.5) is 5.82 Å². The van der Waals surface area contributed by atoms with Crippen LogP contribution in [0.5, 0.6) is 11.6 Å². The number of hydrogen-bond acceptors (Lipinski definition) is 4. The van der Waals surface area contributed by atoms with Crippen LogP contribution in [0.1, 0.15) is 18.3 Å². The van der Waals surface area contributed by atoms with E-state index in [2.05, 4.69) is 16.9 Å². The molecule has 0 radical (unpaired) electrons. The van der Waals surface area contributed by atoms with Crippen LogP contribution < -0.4 is 10.5 Å². The van der Waals surface area contributed by atoms with Crippen molar-refractivity contribution in [2.24, 2.45) is 0 Å². The first-order chi connectivity index (χ1) is 8.19.